The predicted molar refractivity (Wildman–Crippen MR) is 67.4 cm³/mol. The van der Waals surface area contributed by atoms with Crippen LogP contribution in [0, 0.1) is 5.82 Å². The van der Waals surface area contributed by atoms with Gasteiger partial charge in [0.05, 0.1) is 0 Å². The van der Waals surface area contributed by atoms with E-state index in [0.717, 1.165) is 5.56 Å². The maximum atomic E-state index is 13.5. The second kappa shape index (κ2) is 5.84. The molecule has 0 spiro atoms. The number of hydrogen-bond acceptors (Lipinski definition) is 2. The molecule has 0 bridgehead atoms. The second-order valence-corrected chi connectivity index (χ2v) is 4.15. The maximum absolute atomic E-state index is 13.5. The number of aromatic nitrogens is 1. The molecule has 100 valence electrons. The van der Waals surface area contributed by atoms with Gasteiger partial charge >= 0.3 is 0 Å². The second-order valence-electron chi connectivity index (χ2n) is 4.15. The number of nitrogens with one attached hydrogen (secondary N) is 1. The van der Waals surface area contributed by atoms with E-state index in [1.54, 1.807) is 13.1 Å². The molecule has 0 amide bonds. The first-order chi connectivity index (χ1) is 9.10. The van der Waals surface area contributed by atoms with Crippen molar-refractivity contribution in [2.75, 3.05) is 7.05 Å². The van der Waals surface area contributed by atoms with E-state index >= 15 is 0 Å². The topological polar surface area (TPSA) is 24.9 Å². The molecular weight excluding hydrogens is 253 g/mol. The van der Waals surface area contributed by atoms with Crippen molar-refractivity contribution in [1.82, 2.24) is 10.3 Å². The highest BCUT2D eigenvalue weighted by Gasteiger charge is 2.09. The van der Waals surface area contributed by atoms with E-state index in [2.05, 4.69) is 10.3 Å². The molecule has 0 saturated carbocycles. The van der Waals surface area contributed by atoms with Crippen LogP contribution in [-0.2, 0) is 6.54 Å². The molecule has 1 N–H and O–H groups in total. The molecule has 0 aliphatic heterocycles. The fourth-order valence-electron chi connectivity index (χ4n) is 1.83. The molecule has 0 aliphatic rings. The Hall–Kier alpha value is -1.88. The molecular formula is C14H13F3N2. The third-order valence-corrected chi connectivity index (χ3v) is 2.68. The first kappa shape index (κ1) is 13.5. The average Bonchev–Trinajstić information content (AvgIpc) is 2.38. The van der Waals surface area contributed by atoms with Gasteiger partial charge in [0.15, 0.2) is 0 Å². The van der Waals surface area contributed by atoms with Crippen molar-refractivity contribution >= 4 is 0 Å². The molecule has 1 aromatic carbocycles. The number of pyridine rings is 1. The van der Waals surface area contributed by atoms with Crippen molar-refractivity contribution in [3.05, 3.63) is 53.6 Å². The summed E-state index contributed by atoms with van der Waals surface area (Å²) < 4.78 is 38.3. The predicted octanol–water partition coefficient (Wildman–Crippen LogP) is 3.54. The molecule has 0 fully saturated rings. The largest absolute Gasteiger partial charge is 0.316 e. The lowest BCUT2D eigenvalue weighted by Crippen LogP contribution is -2.05. The Morgan fingerprint density at radius 2 is 1.95 bits per heavy atom. The van der Waals surface area contributed by atoms with Crippen molar-refractivity contribution < 1.29 is 13.2 Å². The Morgan fingerprint density at radius 3 is 2.53 bits per heavy atom. The quantitative estimate of drug-likeness (QED) is 0.915. The van der Waals surface area contributed by atoms with Crippen molar-refractivity contribution in [2.45, 2.75) is 13.0 Å². The van der Waals surface area contributed by atoms with E-state index in [1.807, 2.05) is 0 Å². The van der Waals surface area contributed by atoms with Crippen molar-refractivity contribution in [3.8, 4) is 11.1 Å². The van der Waals surface area contributed by atoms with Gasteiger partial charge in [-0.3, -0.25) is 4.98 Å². The number of halogens is 3. The molecule has 0 aliphatic carbocycles. The van der Waals surface area contributed by atoms with Crippen LogP contribution in [0.5, 0.6) is 0 Å². The third kappa shape index (κ3) is 3.32. The first-order valence-electron chi connectivity index (χ1n) is 5.78. The van der Waals surface area contributed by atoms with E-state index < -0.39 is 6.43 Å². The Kier molecular flexibility index (Phi) is 4.16. The van der Waals surface area contributed by atoms with Crippen LogP contribution in [0.1, 0.15) is 17.7 Å². The van der Waals surface area contributed by atoms with Gasteiger partial charge in [-0.15, -0.1) is 0 Å². The summed E-state index contributed by atoms with van der Waals surface area (Å²) in [6.45, 7) is 0.535. The number of alkyl halides is 2. The summed E-state index contributed by atoms with van der Waals surface area (Å²) in [6, 6.07) is 7.37. The molecule has 19 heavy (non-hydrogen) atoms. The highest BCUT2D eigenvalue weighted by atomic mass is 19.3. The van der Waals surface area contributed by atoms with Gasteiger partial charge in [0.25, 0.3) is 6.43 Å². The zero-order chi connectivity index (χ0) is 13.8. The molecule has 2 rings (SSSR count). The zero-order valence-electron chi connectivity index (χ0n) is 10.3. The fourth-order valence-corrected chi connectivity index (χ4v) is 1.83. The van der Waals surface area contributed by atoms with Gasteiger partial charge in [-0.1, -0.05) is 6.07 Å². The number of hydrogen-bond donors (Lipinski definition) is 1. The minimum atomic E-state index is -2.60. The minimum absolute atomic E-state index is 0.282. The van der Waals surface area contributed by atoms with E-state index in [-0.39, 0.29) is 11.5 Å². The summed E-state index contributed by atoms with van der Waals surface area (Å²) in [5, 5.41) is 2.93. The van der Waals surface area contributed by atoms with E-state index in [9.17, 15) is 13.2 Å². The molecule has 0 saturated heterocycles. The molecule has 2 nitrogen and oxygen atoms in total. The minimum Gasteiger partial charge on any atom is -0.316 e. The van der Waals surface area contributed by atoms with E-state index in [1.165, 1.54) is 30.5 Å². The molecule has 5 heteroatoms. The lowest BCUT2D eigenvalue weighted by molar-refractivity contribution is 0.146. The number of benzene rings is 1. The SMILES string of the molecule is CNCc1cc(F)cc(-c2ccc(C(F)F)nc2)c1. The highest BCUT2D eigenvalue weighted by molar-refractivity contribution is 5.63. The van der Waals surface area contributed by atoms with Crippen molar-refractivity contribution in [1.29, 1.82) is 0 Å². The molecule has 2 aromatic rings. The van der Waals surface area contributed by atoms with Crippen LogP contribution >= 0.6 is 0 Å². The molecule has 0 unspecified atom stereocenters. The maximum Gasteiger partial charge on any atom is 0.280 e. The standard InChI is InChI=1S/C14H13F3N2/c1-18-7-9-4-11(6-12(15)5-9)10-2-3-13(14(16)17)19-8-10/h2-6,8,14,18H,7H2,1H3. The van der Waals surface area contributed by atoms with Crippen LogP contribution in [0.2, 0.25) is 0 Å². The first-order valence-corrected chi connectivity index (χ1v) is 5.78. The van der Waals surface area contributed by atoms with Crippen LogP contribution in [0.25, 0.3) is 11.1 Å². The van der Waals surface area contributed by atoms with Gasteiger partial charge in [-0.05, 0) is 42.4 Å². The third-order valence-electron chi connectivity index (χ3n) is 2.68. The number of rotatable bonds is 4. The van der Waals surface area contributed by atoms with Gasteiger partial charge in [-0.25, -0.2) is 13.2 Å². The Balaban J connectivity index is 2.35. The average molecular weight is 266 g/mol. The Labute approximate surface area is 109 Å². The van der Waals surface area contributed by atoms with Gasteiger partial charge in [0, 0.05) is 18.3 Å². The smallest absolute Gasteiger partial charge is 0.280 e. The molecule has 1 aromatic heterocycles. The lowest BCUT2D eigenvalue weighted by Gasteiger charge is -2.07. The monoisotopic (exact) mass is 266 g/mol. The van der Waals surface area contributed by atoms with Crippen LogP contribution in [0.3, 0.4) is 0 Å². The highest BCUT2D eigenvalue weighted by Crippen LogP contribution is 2.24. The normalized spacial score (nSPS) is 11.0. The summed E-state index contributed by atoms with van der Waals surface area (Å²) >= 11 is 0. The summed E-state index contributed by atoms with van der Waals surface area (Å²) in [5.74, 6) is -0.360. The number of nitrogens with zero attached hydrogens (tertiary/aromatic N) is 1. The van der Waals surface area contributed by atoms with Gasteiger partial charge < -0.3 is 5.32 Å². The Morgan fingerprint density at radius 1 is 1.16 bits per heavy atom. The van der Waals surface area contributed by atoms with Crippen LogP contribution in [0.15, 0.2) is 36.5 Å². The summed E-state index contributed by atoms with van der Waals surface area (Å²) in [7, 11) is 1.77. The molecule has 0 atom stereocenters. The lowest BCUT2D eigenvalue weighted by atomic mass is 10.0. The van der Waals surface area contributed by atoms with Crippen LogP contribution in [-0.4, -0.2) is 12.0 Å². The van der Waals surface area contributed by atoms with Crippen molar-refractivity contribution in [3.63, 3.8) is 0 Å². The van der Waals surface area contributed by atoms with Crippen LogP contribution in [0.4, 0.5) is 13.2 Å². The zero-order valence-corrected chi connectivity index (χ0v) is 10.3. The molecule has 0 radical (unpaired) electrons. The fraction of sp³-hybridized carbons (Fsp3) is 0.214. The van der Waals surface area contributed by atoms with Gasteiger partial charge in [-0.2, -0.15) is 0 Å². The van der Waals surface area contributed by atoms with E-state index in [0.29, 0.717) is 17.7 Å². The summed E-state index contributed by atoms with van der Waals surface area (Å²) in [6.07, 6.45) is -1.26. The summed E-state index contributed by atoms with van der Waals surface area (Å²) in [4.78, 5) is 3.67. The van der Waals surface area contributed by atoms with Gasteiger partial charge in [0.2, 0.25) is 0 Å². The molecule has 1 heterocycles. The van der Waals surface area contributed by atoms with E-state index in [4.69, 9.17) is 0 Å². The van der Waals surface area contributed by atoms with Gasteiger partial charge in [0.1, 0.15) is 11.5 Å². The van der Waals surface area contributed by atoms with Crippen molar-refractivity contribution in [2.24, 2.45) is 0 Å². The van der Waals surface area contributed by atoms with Crippen LogP contribution < -0.4 is 5.32 Å². The Bertz CT molecular complexity index is 553. The summed E-state index contributed by atoms with van der Waals surface area (Å²) in [5.41, 5.74) is 1.74.